The van der Waals surface area contributed by atoms with Crippen LogP contribution in [0.25, 0.3) is 0 Å². The highest BCUT2D eigenvalue weighted by atomic mass is 127. The van der Waals surface area contributed by atoms with Crippen molar-refractivity contribution in [2.75, 3.05) is 6.54 Å². The summed E-state index contributed by atoms with van der Waals surface area (Å²) >= 11 is 0. The van der Waals surface area contributed by atoms with Crippen molar-refractivity contribution in [3.05, 3.63) is 0 Å². The van der Waals surface area contributed by atoms with Crippen LogP contribution in [0, 0.1) is 0 Å². The second-order valence-electron chi connectivity index (χ2n) is 1.66. The Bertz CT molecular complexity index is 63.1. The van der Waals surface area contributed by atoms with E-state index in [1.54, 1.807) is 0 Å². The highest BCUT2D eigenvalue weighted by Gasteiger charge is 2.24. The molecule has 0 aromatic rings. The van der Waals surface area contributed by atoms with E-state index in [-0.39, 0.29) is 24.0 Å². The van der Waals surface area contributed by atoms with Gasteiger partial charge in [0.2, 0.25) is 0 Å². The predicted molar refractivity (Wildman–Crippen MR) is 37.8 cm³/mol. The Balaban J connectivity index is 0.000000490. The average molecular weight is 235 g/mol. The molecule has 1 saturated heterocycles. The van der Waals surface area contributed by atoms with Crippen LogP contribution in [0.4, 0.5) is 8.78 Å². The van der Waals surface area contributed by atoms with Gasteiger partial charge >= 0.3 is 0 Å². The predicted octanol–water partition coefficient (Wildman–Crippen LogP) is 1.23. The summed E-state index contributed by atoms with van der Waals surface area (Å²) in [7, 11) is 0. The Morgan fingerprint density at radius 1 is 1.38 bits per heavy atom. The first-order chi connectivity index (χ1) is 3.30. The molecule has 0 aromatic carbocycles. The normalized spacial score (nSPS) is 36.8. The van der Waals surface area contributed by atoms with Crippen molar-refractivity contribution >= 4 is 24.0 Å². The highest BCUT2D eigenvalue weighted by molar-refractivity contribution is 14.0. The minimum atomic E-state index is -1.40. The van der Waals surface area contributed by atoms with Crippen LogP contribution in [0.5, 0.6) is 0 Å². The minimum absolute atomic E-state index is 0. The first kappa shape index (κ1) is 8.55. The first-order valence-electron chi connectivity index (χ1n) is 2.32. The van der Waals surface area contributed by atoms with Crippen LogP contribution >= 0.6 is 24.0 Å². The number of rotatable bonds is 0. The SMILES string of the molecule is FC1CCNC1F.I. The van der Waals surface area contributed by atoms with Crippen LogP contribution in [0.3, 0.4) is 0 Å². The van der Waals surface area contributed by atoms with Crippen molar-refractivity contribution in [3.8, 4) is 0 Å². The second kappa shape index (κ2) is 3.55. The number of hydrogen-bond acceptors (Lipinski definition) is 1. The minimum Gasteiger partial charge on any atom is -0.285 e. The van der Waals surface area contributed by atoms with Crippen LogP contribution in [0.2, 0.25) is 0 Å². The second-order valence-corrected chi connectivity index (χ2v) is 1.66. The van der Waals surface area contributed by atoms with Crippen LogP contribution < -0.4 is 5.32 Å². The van der Waals surface area contributed by atoms with Crippen LogP contribution in [0.15, 0.2) is 0 Å². The smallest absolute Gasteiger partial charge is 0.182 e. The Morgan fingerprint density at radius 2 is 2.00 bits per heavy atom. The molecule has 2 unspecified atom stereocenters. The molecule has 50 valence electrons. The van der Waals surface area contributed by atoms with Crippen molar-refractivity contribution in [2.45, 2.75) is 18.9 Å². The molecule has 1 aliphatic heterocycles. The van der Waals surface area contributed by atoms with Crippen LogP contribution in [-0.2, 0) is 0 Å². The van der Waals surface area contributed by atoms with Gasteiger partial charge in [0.05, 0.1) is 0 Å². The van der Waals surface area contributed by atoms with Gasteiger partial charge in [-0.05, 0) is 6.42 Å². The van der Waals surface area contributed by atoms with E-state index in [0.29, 0.717) is 13.0 Å². The number of alkyl halides is 2. The summed E-state index contributed by atoms with van der Waals surface area (Å²) in [6.45, 7) is 0.475. The quantitative estimate of drug-likeness (QED) is 0.492. The zero-order valence-corrected chi connectivity index (χ0v) is 6.56. The summed E-state index contributed by atoms with van der Waals surface area (Å²) in [6, 6.07) is 0. The third kappa shape index (κ3) is 1.81. The maximum atomic E-state index is 11.9. The van der Waals surface area contributed by atoms with E-state index in [0.717, 1.165) is 0 Å². The van der Waals surface area contributed by atoms with Crippen molar-refractivity contribution in [1.29, 1.82) is 0 Å². The van der Waals surface area contributed by atoms with E-state index in [9.17, 15) is 8.78 Å². The molecule has 1 aliphatic rings. The molecule has 1 nitrogen and oxygen atoms in total. The summed E-state index contributed by atoms with van der Waals surface area (Å²) in [6.07, 6.45) is -2.35. The van der Waals surface area contributed by atoms with Gasteiger partial charge in [-0.15, -0.1) is 24.0 Å². The van der Waals surface area contributed by atoms with Crippen molar-refractivity contribution in [3.63, 3.8) is 0 Å². The molecule has 0 bridgehead atoms. The fraction of sp³-hybridized carbons (Fsp3) is 1.00. The van der Waals surface area contributed by atoms with Gasteiger partial charge in [-0.3, -0.25) is 5.32 Å². The lowest BCUT2D eigenvalue weighted by Crippen LogP contribution is -2.21. The molecule has 2 atom stereocenters. The molecule has 0 spiro atoms. The zero-order chi connectivity index (χ0) is 5.28. The molecule has 1 heterocycles. The molecule has 0 aliphatic carbocycles. The van der Waals surface area contributed by atoms with Gasteiger partial charge in [0.1, 0.15) is 6.17 Å². The third-order valence-corrected chi connectivity index (χ3v) is 1.08. The van der Waals surface area contributed by atoms with E-state index in [2.05, 4.69) is 5.32 Å². The summed E-state index contributed by atoms with van der Waals surface area (Å²) in [5.41, 5.74) is 0. The monoisotopic (exact) mass is 235 g/mol. The molecule has 0 aromatic heterocycles. The molecule has 0 amide bonds. The molecule has 0 radical (unpaired) electrons. The zero-order valence-electron chi connectivity index (χ0n) is 4.23. The number of nitrogens with one attached hydrogen (secondary N) is 1. The highest BCUT2D eigenvalue weighted by Crippen LogP contribution is 2.10. The van der Waals surface area contributed by atoms with Gasteiger partial charge < -0.3 is 0 Å². The summed E-state index contributed by atoms with van der Waals surface area (Å²) in [5.74, 6) is 0. The Morgan fingerprint density at radius 3 is 2.12 bits per heavy atom. The summed E-state index contributed by atoms with van der Waals surface area (Å²) in [5, 5.41) is 2.33. The van der Waals surface area contributed by atoms with E-state index in [1.807, 2.05) is 0 Å². The van der Waals surface area contributed by atoms with Crippen LogP contribution in [0.1, 0.15) is 6.42 Å². The van der Waals surface area contributed by atoms with Crippen molar-refractivity contribution in [2.24, 2.45) is 0 Å². The van der Waals surface area contributed by atoms with Crippen molar-refractivity contribution < 1.29 is 8.78 Å². The molecular formula is C4H8F2IN. The number of halogens is 3. The van der Waals surface area contributed by atoms with Crippen molar-refractivity contribution in [1.82, 2.24) is 5.32 Å². The van der Waals surface area contributed by atoms with Gasteiger partial charge in [-0.2, -0.15) is 0 Å². The van der Waals surface area contributed by atoms with E-state index >= 15 is 0 Å². The van der Waals surface area contributed by atoms with E-state index in [1.165, 1.54) is 0 Å². The molecule has 1 fully saturated rings. The molecule has 1 rings (SSSR count). The lowest BCUT2D eigenvalue weighted by atomic mass is 10.3. The summed E-state index contributed by atoms with van der Waals surface area (Å²) in [4.78, 5) is 0. The lowest BCUT2D eigenvalue weighted by molar-refractivity contribution is 0.182. The molecule has 0 saturated carbocycles. The first-order valence-corrected chi connectivity index (χ1v) is 2.32. The van der Waals surface area contributed by atoms with Gasteiger partial charge in [0.25, 0.3) is 0 Å². The van der Waals surface area contributed by atoms with Gasteiger partial charge in [0.15, 0.2) is 6.30 Å². The molecular weight excluding hydrogens is 227 g/mol. The topological polar surface area (TPSA) is 12.0 Å². The number of hydrogen-bond donors (Lipinski definition) is 1. The molecule has 8 heavy (non-hydrogen) atoms. The molecule has 1 N–H and O–H groups in total. The fourth-order valence-electron chi connectivity index (χ4n) is 0.633. The van der Waals surface area contributed by atoms with Crippen LogP contribution in [-0.4, -0.2) is 19.0 Å². The summed E-state index contributed by atoms with van der Waals surface area (Å²) < 4.78 is 23.7. The van der Waals surface area contributed by atoms with E-state index < -0.39 is 12.5 Å². The van der Waals surface area contributed by atoms with Gasteiger partial charge in [0, 0.05) is 6.54 Å². The average Bonchev–Trinajstić information content (AvgIpc) is 1.91. The Kier molecular flexibility index (Phi) is 3.80. The van der Waals surface area contributed by atoms with Gasteiger partial charge in [-0.25, -0.2) is 8.78 Å². The third-order valence-electron chi connectivity index (χ3n) is 1.08. The Labute approximate surface area is 63.9 Å². The molecule has 4 heteroatoms. The maximum Gasteiger partial charge on any atom is 0.182 e. The van der Waals surface area contributed by atoms with Gasteiger partial charge in [-0.1, -0.05) is 0 Å². The fourth-order valence-corrected chi connectivity index (χ4v) is 0.633. The maximum absolute atomic E-state index is 11.9. The largest absolute Gasteiger partial charge is 0.285 e. The van der Waals surface area contributed by atoms with E-state index in [4.69, 9.17) is 0 Å². The standard InChI is InChI=1S/C4H7F2N.HI/c5-3-1-2-7-4(3)6;/h3-4,7H,1-2H2;1H. The lowest BCUT2D eigenvalue weighted by Gasteiger charge is -1.97. The Hall–Kier alpha value is 0.550.